The van der Waals surface area contributed by atoms with Crippen LogP contribution in [0, 0.1) is 5.92 Å². The van der Waals surface area contributed by atoms with Crippen molar-refractivity contribution >= 4 is 24.4 Å². The molecule has 1 atom stereocenters. The Morgan fingerprint density at radius 2 is 1.72 bits per heavy atom. The first-order valence-electron chi connectivity index (χ1n) is 10.9. The summed E-state index contributed by atoms with van der Waals surface area (Å²) in [6.07, 6.45) is 1.77. The summed E-state index contributed by atoms with van der Waals surface area (Å²) in [7, 11) is 0. The van der Waals surface area contributed by atoms with Gasteiger partial charge in [-0.05, 0) is 59.3 Å². The third kappa shape index (κ3) is 3.65. The Kier molecular flexibility index (Phi) is 5.61. The molecule has 2 aromatic carbocycles. The Morgan fingerprint density at radius 1 is 1.06 bits per heavy atom. The van der Waals surface area contributed by atoms with E-state index >= 15 is 0 Å². The molecule has 4 aliphatic rings. The van der Waals surface area contributed by atoms with Crippen LogP contribution in [0.1, 0.15) is 41.7 Å². The number of hydrogen-bond acceptors (Lipinski definition) is 6. The van der Waals surface area contributed by atoms with Gasteiger partial charge in [0.2, 0.25) is 5.89 Å². The predicted octanol–water partition coefficient (Wildman–Crippen LogP) is 4.66. The summed E-state index contributed by atoms with van der Waals surface area (Å²) >= 11 is 0. The van der Waals surface area contributed by atoms with Crippen LogP contribution in [0.25, 0.3) is 11.1 Å². The molecule has 1 unspecified atom stereocenters. The van der Waals surface area contributed by atoms with E-state index in [4.69, 9.17) is 9.26 Å². The zero-order valence-electron chi connectivity index (χ0n) is 17.6. The Bertz CT molecular complexity index is 1080. The van der Waals surface area contributed by atoms with Crippen LogP contribution in [0.2, 0.25) is 0 Å². The van der Waals surface area contributed by atoms with E-state index in [9.17, 15) is 4.79 Å². The molecule has 7 nitrogen and oxygen atoms in total. The lowest BCUT2D eigenvalue weighted by Gasteiger charge is -2.43. The minimum Gasteiger partial charge on any atom is -0.448 e. The van der Waals surface area contributed by atoms with Crippen LogP contribution in [0.15, 0.2) is 53.1 Å². The van der Waals surface area contributed by atoms with Gasteiger partial charge in [-0.1, -0.05) is 48.5 Å². The maximum atomic E-state index is 12.4. The van der Waals surface area contributed by atoms with Crippen LogP contribution in [0.4, 0.5) is 10.7 Å². The molecular formula is C24H25ClN4O3. The van der Waals surface area contributed by atoms with Crippen LogP contribution < -0.4 is 5.32 Å². The van der Waals surface area contributed by atoms with Crippen molar-refractivity contribution in [1.82, 2.24) is 15.0 Å². The number of aromatic nitrogens is 2. The lowest BCUT2D eigenvalue weighted by atomic mass is 9.79. The Balaban J connectivity index is 0.00000216. The van der Waals surface area contributed by atoms with Gasteiger partial charge in [-0.2, -0.15) is 4.98 Å². The highest BCUT2D eigenvalue weighted by atomic mass is 35.5. The van der Waals surface area contributed by atoms with Crippen molar-refractivity contribution < 1.29 is 14.1 Å². The zero-order chi connectivity index (χ0) is 20.8. The normalized spacial score (nSPS) is 23.2. The fourth-order valence-electron chi connectivity index (χ4n) is 5.41. The number of fused-ring (bicyclic) bond motifs is 6. The van der Waals surface area contributed by atoms with E-state index in [-0.39, 0.29) is 36.8 Å². The predicted molar refractivity (Wildman–Crippen MR) is 122 cm³/mol. The van der Waals surface area contributed by atoms with Gasteiger partial charge in [-0.3, -0.25) is 5.32 Å². The van der Waals surface area contributed by atoms with Gasteiger partial charge in [-0.15, -0.1) is 12.4 Å². The van der Waals surface area contributed by atoms with E-state index in [2.05, 4.69) is 44.6 Å². The number of benzene rings is 2. The Hall–Kier alpha value is -2.90. The van der Waals surface area contributed by atoms with Gasteiger partial charge in [0.15, 0.2) is 0 Å². The number of halogens is 1. The number of nitrogens with one attached hydrogen (secondary N) is 1. The number of piperidine rings is 3. The molecule has 7 rings (SSSR count). The lowest BCUT2D eigenvalue weighted by Crippen LogP contribution is -2.46. The SMILES string of the molecule is Cl.O=C(Nc1noc(C2CN3CCC2CC3)n1)OCC1c2ccccc2-c2ccccc21. The summed E-state index contributed by atoms with van der Waals surface area (Å²) in [4.78, 5) is 19.3. The average Bonchev–Trinajstić information content (AvgIpc) is 3.41. The maximum absolute atomic E-state index is 12.4. The van der Waals surface area contributed by atoms with Crippen LogP contribution in [0.3, 0.4) is 0 Å². The fraction of sp³-hybridized carbons (Fsp3) is 0.375. The van der Waals surface area contributed by atoms with Crippen LogP contribution in [0.5, 0.6) is 0 Å². The molecule has 1 aromatic heterocycles. The third-order valence-corrected chi connectivity index (χ3v) is 6.97. The fourth-order valence-corrected chi connectivity index (χ4v) is 5.41. The van der Waals surface area contributed by atoms with Crippen molar-refractivity contribution in [2.75, 3.05) is 31.6 Å². The number of ether oxygens (including phenoxy) is 1. The minimum absolute atomic E-state index is 0. The van der Waals surface area contributed by atoms with Gasteiger partial charge in [0.25, 0.3) is 5.95 Å². The van der Waals surface area contributed by atoms with Gasteiger partial charge < -0.3 is 14.2 Å². The number of nitrogens with zero attached hydrogens (tertiary/aromatic N) is 3. The van der Waals surface area contributed by atoms with E-state index in [1.54, 1.807) is 0 Å². The monoisotopic (exact) mass is 452 g/mol. The molecule has 1 amide bonds. The number of carbonyl (C=O) groups is 1. The molecule has 1 aliphatic carbocycles. The zero-order valence-corrected chi connectivity index (χ0v) is 18.4. The van der Waals surface area contributed by atoms with Gasteiger partial charge in [0, 0.05) is 12.5 Å². The summed E-state index contributed by atoms with van der Waals surface area (Å²) in [5, 5.41) is 6.58. The highest BCUT2D eigenvalue weighted by Crippen LogP contribution is 2.44. The van der Waals surface area contributed by atoms with E-state index in [0.29, 0.717) is 11.8 Å². The number of hydrogen-bond donors (Lipinski definition) is 1. The second kappa shape index (κ2) is 8.56. The van der Waals surface area contributed by atoms with Gasteiger partial charge >= 0.3 is 6.09 Å². The van der Waals surface area contributed by atoms with Crippen molar-refractivity contribution in [3.63, 3.8) is 0 Å². The Labute approximate surface area is 192 Å². The van der Waals surface area contributed by atoms with Crippen LogP contribution in [-0.4, -0.2) is 47.4 Å². The summed E-state index contributed by atoms with van der Waals surface area (Å²) in [5.41, 5.74) is 4.77. The van der Waals surface area contributed by atoms with Gasteiger partial charge in [0.1, 0.15) is 6.61 Å². The molecular weight excluding hydrogens is 428 g/mol. The topological polar surface area (TPSA) is 80.5 Å². The summed E-state index contributed by atoms with van der Waals surface area (Å²) in [6.45, 7) is 3.52. The molecule has 2 bridgehead atoms. The van der Waals surface area contributed by atoms with Gasteiger partial charge in [0.05, 0.1) is 5.92 Å². The van der Waals surface area contributed by atoms with Crippen molar-refractivity contribution in [1.29, 1.82) is 0 Å². The summed E-state index contributed by atoms with van der Waals surface area (Å²) in [5.74, 6) is 1.65. The smallest absolute Gasteiger partial charge is 0.414 e. The molecule has 4 heterocycles. The Morgan fingerprint density at radius 3 is 2.34 bits per heavy atom. The molecule has 3 saturated heterocycles. The summed E-state index contributed by atoms with van der Waals surface area (Å²) < 4.78 is 11.0. The number of carbonyl (C=O) groups excluding carboxylic acids is 1. The largest absolute Gasteiger partial charge is 0.448 e. The molecule has 32 heavy (non-hydrogen) atoms. The van der Waals surface area contributed by atoms with Crippen LogP contribution in [-0.2, 0) is 4.74 Å². The van der Waals surface area contributed by atoms with E-state index in [0.717, 1.165) is 19.6 Å². The first-order valence-corrected chi connectivity index (χ1v) is 10.9. The van der Waals surface area contributed by atoms with E-state index < -0.39 is 6.09 Å². The molecule has 1 N–H and O–H groups in total. The van der Waals surface area contributed by atoms with Crippen molar-refractivity contribution in [2.45, 2.75) is 24.7 Å². The molecule has 8 heteroatoms. The molecule has 0 spiro atoms. The molecule has 3 aliphatic heterocycles. The molecule has 166 valence electrons. The number of rotatable bonds is 4. The first kappa shape index (κ1) is 21.0. The first-order chi connectivity index (χ1) is 15.3. The molecule has 3 aromatic rings. The molecule has 0 saturated carbocycles. The average molecular weight is 453 g/mol. The highest BCUT2D eigenvalue weighted by molar-refractivity contribution is 5.85. The number of anilines is 1. The number of amides is 1. The van der Waals surface area contributed by atoms with Crippen molar-refractivity contribution in [3.05, 3.63) is 65.5 Å². The quantitative estimate of drug-likeness (QED) is 0.620. The minimum atomic E-state index is -0.567. The van der Waals surface area contributed by atoms with E-state index in [1.165, 1.54) is 35.1 Å². The molecule has 0 radical (unpaired) electrons. The van der Waals surface area contributed by atoms with Gasteiger partial charge in [-0.25, -0.2) is 4.79 Å². The maximum Gasteiger partial charge on any atom is 0.414 e. The van der Waals surface area contributed by atoms with Crippen LogP contribution >= 0.6 is 12.4 Å². The lowest BCUT2D eigenvalue weighted by molar-refractivity contribution is 0.0727. The van der Waals surface area contributed by atoms with Crippen molar-refractivity contribution in [3.8, 4) is 11.1 Å². The van der Waals surface area contributed by atoms with Crippen molar-refractivity contribution in [2.24, 2.45) is 5.92 Å². The third-order valence-electron chi connectivity index (χ3n) is 6.97. The highest BCUT2D eigenvalue weighted by Gasteiger charge is 2.38. The standard InChI is InChI=1S/C24H24N4O3.ClH/c29-24(26-23-25-22(31-27-23)20-13-28-11-9-15(20)10-12-28)30-14-21-18-7-3-1-5-16(18)17-6-2-4-8-19(17)21;/h1-8,15,20-21H,9-14H2,(H,26,27,29);1H. The second-order valence-electron chi connectivity index (χ2n) is 8.65. The summed E-state index contributed by atoms with van der Waals surface area (Å²) in [6, 6.07) is 16.5. The molecule has 3 fully saturated rings. The van der Waals surface area contributed by atoms with E-state index in [1.807, 2.05) is 24.3 Å². The second-order valence-corrected chi connectivity index (χ2v) is 8.65.